The number of likely N-dealkylation sites (N-methyl/N-ethyl adjacent to an activating group) is 1. The highest BCUT2D eigenvalue weighted by atomic mass is 31.2. The van der Waals surface area contributed by atoms with E-state index in [9.17, 15) is 71.7 Å². The van der Waals surface area contributed by atoms with Gasteiger partial charge in [-0.1, -0.05) is 68.1 Å². The van der Waals surface area contributed by atoms with Crippen LogP contribution in [0.2, 0.25) is 0 Å². The Hall–Kier alpha value is -9.23. The molecule has 5 heterocycles. The smallest absolute Gasteiger partial charge is 0.399 e. The molecule has 6 aromatic rings. The van der Waals surface area contributed by atoms with Crippen molar-refractivity contribution in [3.05, 3.63) is 154 Å². The van der Waals surface area contributed by atoms with Gasteiger partial charge < -0.3 is 76.6 Å². The third kappa shape index (κ3) is 13.4. The third-order valence-corrected chi connectivity index (χ3v) is 17.8. The normalized spacial score (nSPS) is 18.3. The van der Waals surface area contributed by atoms with Crippen LogP contribution in [0.1, 0.15) is 136 Å². The monoisotopic (exact) mass is 1260 g/mol. The van der Waals surface area contributed by atoms with Crippen molar-refractivity contribution in [1.82, 2.24) is 41.4 Å². The fourth-order valence-corrected chi connectivity index (χ4v) is 12.7. The lowest BCUT2D eigenvalue weighted by Gasteiger charge is -2.38. The van der Waals surface area contributed by atoms with Crippen LogP contribution in [0, 0.1) is 0 Å². The molecule has 27 heteroatoms. The summed E-state index contributed by atoms with van der Waals surface area (Å²) < 4.78 is 52.8. The van der Waals surface area contributed by atoms with Crippen molar-refractivity contribution in [3.8, 4) is 23.0 Å². The van der Waals surface area contributed by atoms with Crippen molar-refractivity contribution in [2.45, 2.75) is 112 Å². The molecule has 90 heavy (non-hydrogen) atoms. The van der Waals surface area contributed by atoms with Gasteiger partial charge in [0.15, 0.2) is 5.60 Å². The van der Waals surface area contributed by atoms with Crippen molar-refractivity contribution < 1.29 is 81.2 Å². The molecule has 1 aromatic heterocycles. The summed E-state index contributed by atoms with van der Waals surface area (Å²) in [7, 11) is -4.13. The van der Waals surface area contributed by atoms with Crippen molar-refractivity contribution in [1.29, 1.82) is 0 Å². The van der Waals surface area contributed by atoms with Gasteiger partial charge in [0.25, 0.3) is 11.8 Å². The Morgan fingerprint density at radius 3 is 2.09 bits per heavy atom. The van der Waals surface area contributed by atoms with E-state index < -0.39 is 96.0 Å². The quantitative estimate of drug-likeness (QED) is 0.0209. The first-order valence-electron chi connectivity index (χ1n) is 29.5. The zero-order valence-electron chi connectivity index (χ0n) is 48.8. The molecule has 24 nitrogen and oxygen atoms in total. The minimum Gasteiger partial charge on any atom is -0.508 e. The second-order valence-electron chi connectivity index (χ2n) is 23.0. The number of nitrogens with two attached hydrogens (primary N) is 1. The van der Waals surface area contributed by atoms with Gasteiger partial charge in [-0.2, -0.15) is 8.78 Å². The fourth-order valence-electron chi connectivity index (χ4n) is 12.2. The zero-order valence-corrected chi connectivity index (χ0v) is 49.7. The summed E-state index contributed by atoms with van der Waals surface area (Å²) >= 11 is 0. The number of unbranched alkanes of at least 4 members (excludes halogenated alkanes) is 5. The van der Waals surface area contributed by atoms with Gasteiger partial charge in [-0.25, -0.2) is 4.79 Å². The summed E-state index contributed by atoms with van der Waals surface area (Å²) in [5.41, 5.74) is 0.919. The molecular weight excluding hydrogens is 1190 g/mol. The number of aromatic hydroxyl groups is 2. The van der Waals surface area contributed by atoms with E-state index in [2.05, 4.69) is 31.6 Å². The number of esters is 1. The number of nitrogens with one attached hydrogen (secondary N) is 6. The number of phenolic OH excluding ortho intramolecular Hbond substituents is 2. The largest absolute Gasteiger partial charge is 0.508 e. The van der Waals surface area contributed by atoms with Gasteiger partial charge in [-0.15, -0.1) is 0 Å². The number of hydrogen-bond acceptors (Lipinski definition) is 14. The summed E-state index contributed by atoms with van der Waals surface area (Å²) in [5.74, 6) is -4.94. The summed E-state index contributed by atoms with van der Waals surface area (Å²) in [4.78, 5) is 134. The van der Waals surface area contributed by atoms with Gasteiger partial charge in [0, 0.05) is 82.9 Å². The number of aromatic amines is 1. The zero-order chi connectivity index (χ0) is 64.2. The maximum atomic E-state index is 14.6. The van der Waals surface area contributed by atoms with Crippen LogP contribution in [0.4, 0.5) is 8.78 Å². The molecule has 0 radical (unpaired) electrons. The Kier molecular flexibility index (Phi) is 18.8. The number of carbonyl (C=O) groups excluding carboxylic acids is 8. The number of primary amides is 1. The molecule has 10 rings (SSSR count). The highest BCUT2D eigenvalue weighted by Gasteiger charge is 2.54. The number of amides is 7. The van der Waals surface area contributed by atoms with Crippen LogP contribution in [-0.2, 0) is 44.5 Å². The van der Waals surface area contributed by atoms with Crippen molar-refractivity contribution in [2.24, 2.45) is 5.73 Å². The maximum Gasteiger partial charge on any atom is 0.399 e. The van der Waals surface area contributed by atoms with Crippen molar-refractivity contribution >= 4 is 65.8 Å². The molecular formula is C63H68F2N9O15P. The number of benzene rings is 5. The van der Waals surface area contributed by atoms with Crippen LogP contribution in [0.25, 0.3) is 10.9 Å². The first-order valence-corrected chi connectivity index (χ1v) is 31.2. The molecule has 4 aliphatic rings. The Morgan fingerprint density at radius 1 is 0.767 bits per heavy atom. The lowest BCUT2D eigenvalue weighted by Crippen LogP contribution is -2.61. The van der Waals surface area contributed by atoms with Crippen LogP contribution >= 0.6 is 7.60 Å². The Labute approximate surface area is 514 Å². The maximum absolute atomic E-state index is 14.6. The number of ether oxygens (including phenoxy) is 2. The number of halogens is 2. The standard InChI is InChI=1S/C63H68F2N9O15P/c1-73-28-25-39-15-23-50(74(39)60(83)49(34-73)71-57(80)48-31-37-29-38(14-21-46(37)69-48)63(64,65)90(85,86)87)58(81)70-47(22-24-53(66)77)56(79)72-54(35-11-7-6-8-12-35)59(82)68-27-10-5-3-2-4-9-26-67-55(78)36-13-18-43-42(30-36)61(84)89-62(43)44-19-16-40(75)32-51(44)88-52-33-41(76)17-20-45(52)62/h6-8,11-14,16-21,29-33,39,47,49-50,54,69,75-76H,2-5,9-10,15,22-28,34H2,1H3,(H2,66,77)(H,67,78)(H,68,82)(H,70,81)(H,71,80)(H,72,79)(H2,85,86,87)/t39-,47?,49+,50+,54?/m1/s1. The lowest BCUT2D eigenvalue weighted by molar-refractivity contribution is -0.144. The Morgan fingerprint density at radius 2 is 1.42 bits per heavy atom. The van der Waals surface area contributed by atoms with Gasteiger partial charge in [-0.05, 0) is 112 Å². The SMILES string of the molecule is CN1CC[C@H]2CC[C@@H](C(=O)NC(CCC(N)=O)C(=O)NC(C(=O)NCCCCCCCCNC(=O)c3ccc4c(c3)C(=O)OC43c4ccc(O)cc4Oc4cc(O)ccc43)c3ccccc3)N2C(=O)[C@@H](NC(=O)c2cc3cc(C(F)(F)P(=O)(O)O)ccc3[nH]2)C1. The van der Waals surface area contributed by atoms with E-state index in [-0.39, 0.29) is 89.0 Å². The van der Waals surface area contributed by atoms with Gasteiger partial charge in [0.05, 0.1) is 5.56 Å². The van der Waals surface area contributed by atoms with Gasteiger partial charge >= 0.3 is 19.2 Å². The first-order chi connectivity index (χ1) is 42.9. The Balaban J connectivity index is 0.702. The molecule has 1 spiro atoms. The molecule has 4 aliphatic heterocycles. The molecule has 12 N–H and O–H groups in total. The summed E-state index contributed by atoms with van der Waals surface area (Å²) in [6.07, 6.45) is 4.93. The van der Waals surface area contributed by atoms with E-state index >= 15 is 0 Å². The molecule has 5 atom stereocenters. The van der Waals surface area contributed by atoms with Crippen LogP contribution in [0.3, 0.4) is 0 Å². The van der Waals surface area contributed by atoms with Gasteiger partial charge in [0.2, 0.25) is 29.5 Å². The summed E-state index contributed by atoms with van der Waals surface area (Å²) in [6, 6.07) is 20.7. The molecule has 0 bridgehead atoms. The number of nitrogens with zero attached hydrogens (tertiary/aromatic N) is 2. The van der Waals surface area contributed by atoms with Crippen LogP contribution in [0.15, 0.2) is 109 Å². The number of carbonyl (C=O) groups is 8. The van der Waals surface area contributed by atoms with E-state index in [0.717, 1.165) is 43.9 Å². The van der Waals surface area contributed by atoms with E-state index in [1.165, 1.54) is 41.3 Å². The van der Waals surface area contributed by atoms with Crippen molar-refractivity contribution in [3.63, 3.8) is 0 Å². The lowest BCUT2D eigenvalue weighted by atomic mass is 9.77. The van der Waals surface area contributed by atoms with Gasteiger partial charge in [0.1, 0.15) is 52.9 Å². The highest BCUT2D eigenvalue weighted by Crippen LogP contribution is 2.60. The van der Waals surface area contributed by atoms with E-state index in [0.29, 0.717) is 61.0 Å². The third-order valence-electron chi connectivity index (χ3n) is 16.8. The minimum atomic E-state index is -5.89. The van der Waals surface area contributed by atoms with E-state index in [1.807, 2.05) is 4.90 Å². The average molecular weight is 1260 g/mol. The first kappa shape index (κ1) is 63.8. The molecule has 2 saturated heterocycles. The number of aromatic nitrogens is 1. The molecule has 474 valence electrons. The predicted octanol–water partition coefficient (Wildman–Crippen LogP) is 5.66. The fraction of sp³-hybridized carbons (Fsp3) is 0.365. The van der Waals surface area contributed by atoms with E-state index in [1.54, 1.807) is 61.6 Å². The second-order valence-corrected chi connectivity index (χ2v) is 24.7. The highest BCUT2D eigenvalue weighted by molar-refractivity contribution is 7.52. The van der Waals surface area contributed by atoms with Crippen molar-refractivity contribution in [2.75, 3.05) is 33.2 Å². The van der Waals surface area contributed by atoms with Crippen LogP contribution in [-0.4, -0.2) is 139 Å². The number of fused-ring (bicyclic) bond motifs is 8. The summed E-state index contributed by atoms with van der Waals surface area (Å²) in [6.45, 7) is 1.11. The number of rotatable bonds is 23. The summed E-state index contributed by atoms with van der Waals surface area (Å²) in [5, 5.41) is 34.5. The van der Waals surface area contributed by atoms with Crippen LogP contribution < -0.4 is 37.1 Å². The number of H-pyrrole nitrogens is 1. The predicted molar refractivity (Wildman–Crippen MR) is 320 cm³/mol. The second kappa shape index (κ2) is 26.5. The van der Waals surface area contributed by atoms with E-state index in [4.69, 9.17) is 15.2 Å². The Bertz CT molecular complexity index is 3790. The van der Waals surface area contributed by atoms with Crippen LogP contribution in [0.5, 0.6) is 23.0 Å². The molecule has 0 saturated carbocycles. The molecule has 5 aromatic carbocycles. The van der Waals surface area contributed by atoms with Gasteiger partial charge in [-0.3, -0.25) is 38.1 Å². The molecule has 7 amide bonds. The number of hydrogen-bond donors (Lipinski definition) is 11. The minimum absolute atomic E-state index is 0.0101. The topological polar surface area (TPSA) is 361 Å². The molecule has 0 aliphatic carbocycles. The average Bonchev–Trinajstić information content (AvgIpc) is 1.43. The number of alkyl halides is 2. The molecule has 2 unspecified atom stereocenters. The number of phenols is 2. The molecule has 2 fully saturated rings.